The standard InChI is InChI=1S/C21H40N4O2/c1-5-12-18(13-6-2)22-24-20(26)16-10-9-11-17-21(27)25-23-19(14-7-3)15-8-4/h5-17H2,1-4H3,(H,24,26)(H,25,27). The number of carbonyl (C=O) groups is 2. The van der Waals surface area contributed by atoms with Gasteiger partial charge in [0, 0.05) is 24.3 Å². The maximum Gasteiger partial charge on any atom is 0.240 e. The van der Waals surface area contributed by atoms with Crippen molar-refractivity contribution < 1.29 is 9.59 Å². The number of hydrogen-bond donors (Lipinski definition) is 2. The van der Waals surface area contributed by atoms with Crippen molar-refractivity contribution in [2.45, 2.75) is 111 Å². The fourth-order valence-corrected chi connectivity index (χ4v) is 2.77. The highest BCUT2D eigenvalue weighted by Crippen LogP contribution is 2.05. The topological polar surface area (TPSA) is 82.9 Å². The molecule has 0 atom stereocenters. The van der Waals surface area contributed by atoms with Gasteiger partial charge in [0.05, 0.1) is 0 Å². The minimum Gasteiger partial charge on any atom is -0.273 e. The second-order valence-electron chi connectivity index (χ2n) is 6.99. The third-order valence-electron chi connectivity index (χ3n) is 4.14. The van der Waals surface area contributed by atoms with E-state index < -0.39 is 0 Å². The Hall–Kier alpha value is -1.72. The molecule has 0 saturated carbocycles. The highest BCUT2D eigenvalue weighted by molar-refractivity contribution is 5.86. The van der Waals surface area contributed by atoms with Crippen molar-refractivity contribution in [1.82, 2.24) is 10.9 Å². The van der Waals surface area contributed by atoms with Crippen LogP contribution >= 0.6 is 0 Å². The van der Waals surface area contributed by atoms with Crippen LogP contribution in [0.5, 0.6) is 0 Å². The Morgan fingerprint density at radius 3 is 1.19 bits per heavy atom. The summed E-state index contributed by atoms with van der Waals surface area (Å²) >= 11 is 0. The van der Waals surface area contributed by atoms with Crippen molar-refractivity contribution >= 4 is 23.2 Å². The summed E-state index contributed by atoms with van der Waals surface area (Å²) in [5.41, 5.74) is 7.45. The minimum absolute atomic E-state index is 0.0440. The van der Waals surface area contributed by atoms with Crippen molar-refractivity contribution in [2.75, 3.05) is 0 Å². The zero-order chi connectivity index (χ0) is 20.3. The summed E-state index contributed by atoms with van der Waals surface area (Å²) < 4.78 is 0. The molecule has 0 aliphatic rings. The lowest BCUT2D eigenvalue weighted by Gasteiger charge is -2.06. The summed E-state index contributed by atoms with van der Waals surface area (Å²) in [7, 11) is 0. The monoisotopic (exact) mass is 380 g/mol. The number of hydrogen-bond acceptors (Lipinski definition) is 4. The molecule has 0 aromatic heterocycles. The molecule has 6 heteroatoms. The lowest BCUT2D eigenvalue weighted by atomic mass is 10.1. The molecule has 0 spiro atoms. The average Bonchev–Trinajstić information content (AvgIpc) is 2.64. The summed E-state index contributed by atoms with van der Waals surface area (Å²) in [4.78, 5) is 23.7. The van der Waals surface area contributed by atoms with Crippen LogP contribution in [-0.2, 0) is 9.59 Å². The van der Waals surface area contributed by atoms with Crippen LogP contribution in [0.3, 0.4) is 0 Å². The Bertz CT molecular complexity index is 415. The van der Waals surface area contributed by atoms with Crippen molar-refractivity contribution in [1.29, 1.82) is 0 Å². The van der Waals surface area contributed by atoms with Crippen molar-refractivity contribution in [2.24, 2.45) is 10.2 Å². The van der Waals surface area contributed by atoms with E-state index in [1.54, 1.807) is 0 Å². The van der Waals surface area contributed by atoms with Gasteiger partial charge in [0.15, 0.2) is 0 Å². The van der Waals surface area contributed by atoms with Gasteiger partial charge in [-0.15, -0.1) is 0 Å². The van der Waals surface area contributed by atoms with Crippen LogP contribution in [0.1, 0.15) is 111 Å². The highest BCUT2D eigenvalue weighted by atomic mass is 16.2. The normalized spacial score (nSPS) is 10.2. The molecule has 0 rings (SSSR count). The molecule has 0 bridgehead atoms. The number of nitrogens with zero attached hydrogens (tertiary/aromatic N) is 2. The van der Waals surface area contributed by atoms with E-state index in [1.807, 2.05) is 0 Å². The van der Waals surface area contributed by atoms with E-state index in [9.17, 15) is 9.59 Å². The lowest BCUT2D eigenvalue weighted by Crippen LogP contribution is -2.20. The molecule has 2 amide bonds. The molecule has 0 aliphatic heterocycles. The Balaban J connectivity index is 3.94. The van der Waals surface area contributed by atoms with Crippen LogP contribution in [0, 0.1) is 0 Å². The number of rotatable bonds is 16. The number of amides is 2. The van der Waals surface area contributed by atoms with E-state index >= 15 is 0 Å². The van der Waals surface area contributed by atoms with Crippen molar-refractivity contribution in [3.8, 4) is 0 Å². The summed E-state index contributed by atoms with van der Waals surface area (Å²) in [5.74, 6) is -0.0879. The van der Waals surface area contributed by atoms with Gasteiger partial charge in [0.25, 0.3) is 0 Å². The second-order valence-corrected chi connectivity index (χ2v) is 6.99. The smallest absolute Gasteiger partial charge is 0.240 e. The third-order valence-corrected chi connectivity index (χ3v) is 4.14. The first-order valence-electron chi connectivity index (χ1n) is 10.8. The highest BCUT2D eigenvalue weighted by Gasteiger charge is 2.04. The molecular formula is C21H40N4O2. The van der Waals surface area contributed by atoms with Gasteiger partial charge in [0.1, 0.15) is 0 Å². The van der Waals surface area contributed by atoms with Crippen LogP contribution in [0.25, 0.3) is 0 Å². The molecular weight excluding hydrogens is 340 g/mol. The van der Waals surface area contributed by atoms with Gasteiger partial charge >= 0.3 is 0 Å². The maximum absolute atomic E-state index is 11.8. The molecule has 0 saturated heterocycles. The fourth-order valence-electron chi connectivity index (χ4n) is 2.77. The molecule has 0 unspecified atom stereocenters. The first kappa shape index (κ1) is 25.3. The molecule has 0 radical (unpaired) electrons. The molecule has 6 nitrogen and oxygen atoms in total. The Morgan fingerprint density at radius 2 is 0.889 bits per heavy atom. The van der Waals surface area contributed by atoms with Gasteiger partial charge in [-0.2, -0.15) is 10.2 Å². The largest absolute Gasteiger partial charge is 0.273 e. The minimum atomic E-state index is -0.0440. The molecule has 0 fully saturated rings. The fraction of sp³-hybridized carbons (Fsp3) is 0.810. The summed E-state index contributed by atoms with van der Waals surface area (Å²) in [6, 6.07) is 0. The van der Waals surface area contributed by atoms with Crippen molar-refractivity contribution in [3.05, 3.63) is 0 Å². The zero-order valence-electron chi connectivity index (χ0n) is 17.9. The van der Waals surface area contributed by atoms with Crippen LogP contribution in [0.2, 0.25) is 0 Å². The van der Waals surface area contributed by atoms with Gasteiger partial charge in [0.2, 0.25) is 11.8 Å². The van der Waals surface area contributed by atoms with Gasteiger partial charge in [-0.1, -0.05) is 59.8 Å². The number of hydrazone groups is 2. The van der Waals surface area contributed by atoms with E-state index in [0.717, 1.165) is 82.1 Å². The predicted octanol–water partition coefficient (Wildman–Crippen LogP) is 5.08. The van der Waals surface area contributed by atoms with Gasteiger partial charge in [-0.25, -0.2) is 10.9 Å². The predicted molar refractivity (Wildman–Crippen MR) is 114 cm³/mol. The van der Waals surface area contributed by atoms with Crippen molar-refractivity contribution in [3.63, 3.8) is 0 Å². The van der Waals surface area contributed by atoms with E-state index in [0.29, 0.717) is 12.8 Å². The molecule has 0 heterocycles. The average molecular weight is 381 g/mol. The summed E-state index contributed by atoms with van der Waals surface area (Å²) in [5, 5.41) is 8.48. The molecule has 0 aromatic carbocycles. The van der Waals surface area contributed by atoms with Crippen LogP contribution in [-0.4, -0.2) is 23.2 Å². The third kappa shape index (κ3) is 15.1. The SMILES string of the molecule is CCCC(CCC)=NNC(=O)CCCCCC(=O)NN=C(CCC)CCC. The molecule has 2 N–H and O–H groups in total. The maximum atomic E-state index is 11.8. The number of nitrogens with one attached hydrogen (secondary N) is 2. The Kier molecular flexibility index (Phi) is 16.6. The van der Waals surface area contributed by atoms with Gasteiger partial charge in [-0.05, 0) is 38.5 Å². The molecule has 0 aliphatic carbocycles. The molecule has 156 valence electrons. The van der Waals surface area contributed by atoms with E-state index in [1.165, 1.54) is 0 Å². The Morgan fingerprint density at radius 1 is 0.556 bits per heavy atom. The summed E-state index contributed by atoms with van der Waals surface area (Å²) in [6.07, 6.45) is 11.2. The quantitative estimate of drug-likeness (QED) is 0.222. The van der Waals surface area contributed by atoms with Gasteiger partial charge < -0.3 is 0 Å². The van der Waals surface area contributed by atoms with E-state index in [2.05, 4.69) is 48.7 Å². The summed E-state index contributed by atoms with van der Waals surface area (Å²) in [6.45, 7) is 8.46. The second kappa shape index (κ2) is 17.7. The Labute approximate surface area is 165 Å². The van der Waals surface area contributed by atoms with E-state index in [4.69, 9.17) is 0 Å². The zero-order valence-corrected chi connectivity index (χ0v) is 17.9. The first-order chi connectivity index (χ1) is 13.1. The lowest BCUT2D eigenvalue weighted by molar-refractivity contribution is -0.121. The first-order valence-corrected chi connectivity index (χ1v) is 10.8. The number of unbranched alkanes of at least 4 members (excludes halogenated alkanes) is 2. The van der Waals surface area contributed by atoms with Crippen LogP contribution in [0.15, 0.2) is 10.2 Å². The van der Waals surface area contributed by atoms with Gasteiger partial charge in [-0.3, -0.25) is 9.59 Å². The van der Waals surface area contributed by atoms with Crippen LogP contribution < -0.4 is 10.9 Å². The molecule has 27 heavy (non-hydrogen) atoms. The molecule has 0 aromatic rings. The van der Waals surface area contributed by atoms with Crippen LogP contribution in [0.4, 0.5) is 0 Å². The number of carbonyl (C=O) groups excluding carboxylic acids is 2. The van der Waals surface area contributed by atoms with E-state index in [-0.39, 0.29) is 11.8 Å².